The van der Waals surface area contributed by atoms with Gasteiger partial charge in [-0.2, -0.15) is 0 Å². The molecule has 0 radical (unpaired) electrons. The standard InChI is InChI=1S/C35H56O8/c1-20(2)21(3)31(5)13-14-33(7)24-9-10-27-32(6)18-41-19-35(27,25(24)11-12-34(33,8)28(31)30(39)40)15-26(43-22(4)37)29(32)42-17-23(38)16-36/h11,20-21,23-24,26-29,36,38H,9-10,12-19H2,1-8H3,(H,39,40)/t21-,23+,24+,26-,27+,28-,29+,31-,32+,33-,34+,35-/m1/s1. The van der Waals surface area contributed by atoms with Gasteiger partial charge in [-0.15, -0.1) is 0 Å². The zero-order chi connectivity index (χ0) is 31.8. The molecule has 5 rings (SSSR count). The third kappa shape index (κ3) is 4.67. The molecule has 1 aliphatic heterocycles. The molecule has 3 N–H and O–H groups in total. The van der Waals surface area contributed by atoms with Crippen molar-refractivity contribution in [1.82, 2.24) is 0 Å². The molecule has 3 saturated carbocycles. The SMILES string of the molecule is CC(=O)O[C@@H]1C[C@]23COC[C@@](C)([C@@H]2CC[C@H]2C3=CC[C@@]3(C)[C@H](C(=O)O)[C@@](C)([C@H](C)C(C)C)CC[C@]23C)[C@H]1OC[C@@H](O)CO. The fourth-order valence-corrected chi connectivity index (χ4v) is 11.5. The van der Waals surface area contributed by atoms with Crippen LogP contribution in [0.2, 0.25) is 0 Å². The van der Waals surface area contributed by atoms with Crippen LogP contribution in [0, 0.1) is 56.7 Å². The molecule has 244 valence electrons. The molecule has 5 aliphatic rings. The summed E-state index contributed by atoms with van der Waals surface area (Å²) >= 11 is 0. The van der Waals surface area contributed by atoms with Crippen molar-refractivity contribution in [3.63, 3.8) is 0 Å². The molecule has 4 fully saturated rings. The number of esters is 1. The Balaban J connectivity index is 1.58. The number of aliphatic carboxylic acids is 1. The summed E-state index contributed by atoms with van der Waals surface area (Å²) in [5.74, 6) is -0.343. The predicted octanol–water partition coefficient (Wildman–Crippen LogP) is 5.25. The molecule has 0 aromatic rings. The second kappa shape index (κ2) is 11.1. The van der Waals surface area contributed by atoms with Crippen LogP contribution < -0.4 is 0 Å². The van der Waals surface area contributed by atoms with Gasteiger partial charge in [0.1, 0.15) is 18.3 Å². The van der Waals surface area contributed by atoms with Crippen LogP contribution in [-0.2, 0) is 23.8 Å². The van der Waals surface area contributed by atoms with Gasteiger partial charge in [0, 0.05) is 17.8 Å². The Morgan fingerprint density at radius 3 is 2.37 bits per heavy atom. The predicted molar refractivity (Wildman–Crippen MR) is 162 cm³/mol. The van der Waals surface area contributed by atoms with Crippen molar-refractivity contribution in [3.05, 3.63) is 11.6 Å². The topological polar surface area (TPSA) is 123 Å². The number of carboxylic acid groups (broad SMARTS) is 1. The van der Waals surface area contributed by atoms with Crippen molar-refractivity contribution in [1.29, 1.82) is 0 Å². The van der Waals surface area contributed by atoms with Gasteiger partial charge in [0.2, 0.25) is 0 Å². The lowest BCUT2D eigenvalue weighted by Crippen LogP contribution is -2.70. The number of aliphatic hydroxyl groups excluding tert-OH is 2. The van der Waals surface area contributed by atoms with Crippen LogP contribution >= 0.6 is 0 Å². The number of carboxylic acids is 1. The zero-order valence-corrected chi connectivity index (χ0v) is 27.7. The number of aliphatic hydroxyl groups is 2. The van der Waals surface area contributed by atoms with Crippen LogP contribution in [0.1, 0.15) is 93.9 Å². The number of hydrogen-bond acceptors (Lipinski definition) is 7. The first-order valence-corrected chi connectivity index (χ1v) is 16.6. The minimum absolute atomic E-state index is 0.0415. The maximum atomic E-state index is 13.3. The van der Waals surface area contributed by atoms with E-state index in [1.165, 1.54) is 12.5 Å². The molecule has 0 aromatic heterocycles. The fourth-order valence-electron chi connectivity index (χ4n) is 11.5. The highest BCUT2D eigenvalue weighted by Crippen LogP contribution is 2.75. The van der Waals surface area contributed by atoms with Gasteiger partial charge in [0.15, 0.2) is 0 Å². The van der Waals surface area contributed by atoms with E-state index in [0.717, 1.165) is 25.7 Å². The van der Waals surface area contributed by atoms with Crippen LogP contribution in [0.4, 0.5) is 0 Å². The molecule has 12 atom stereocenters. The van der Waals surface area contributed by atoms with Gasteiger partial charge < -0.3 is 29.5 Å². The number of allylic oxidation sites excluding steroid dienone is 1. The lowest BCUT2D eigenvalue weighted by atomic mass is 9.34. The number of ether oxygens (including phenoxy) is 3. The summed E-state index contributed by atoms with van der Waals surface area (Å²) in [5, 5.41) is 30.4. The maximum absolute atomic E-state index is 13.3. The Hall–Kier alpha value is -1.48. The van der Waals surface area contributed by atoms with Gasteiger partial charge in [-0.1, -0.05) is 60.1 Å². The normalized spacial score (nSPS) is 47.0. The molecule has 0 amide bonds. The minimum atomic E-state index is -1.01. The van der Waals surface area contributed by atoms with Gasteiger partial charge in [0.25, 0.3) is 0 Å². The summed E-state index contributed by atoms with van der Waals surface area (Å²) in [6.45, 7) is 17.7. The number of carbonyl (C=O) groups is 2. The summed E-state index contributed by atoms with van der Waals surface area (Å²) in [5.41, 5.74) is -0.302. The van der Waals surface area contributed by atoms with E-state index < -0.39 is 47.6 Å². The smallest absolute Gasteiger partial charge is 0.307 e. The van der Waals surface area contributed by atoms with E-state index in [0.29, 0.717) is 32.0 Å². The molecule has 1 heterocycles. The first kappa shape index (κ1) is 32.9. The highest BCUT2D eigenvalue weighted by Gasteiger charge is 2.72. The number of fused-ring (bicyclic) bond motifs is 3. The second-order valence-corrected chi connectivity index (χ2v) is 16.3. The quantitative estimate of drug-likeness (QED) is 0.254. The first-order chi connectivity index (χ1) is 20.0. The van der Waals surface area contributed by atoms with Crippen molar-refractivity contribution in [3.8, 4) is 0 Å². The molecular weight excluding hydrogens is 548 g/mol. The van der Waals surface area contributed by atoms with Crippen LogP contribution in [0.25, 0.3) is 0 Å². The number of hydrogen-bond donors (Lipinski definition) is 3. The van der Waals surface area contributed by atoms with E-state index in [2.05, 4.69) is 54.5 Å². The van der Waals surface area contributed by atoms with E-state index in [-0.39, 0.29) is 46.6 Å². The van der Waals surface area contributed by atoms with Gasteiger partial charge in [-0.05, 0) is 78.4 Å². The van der Waals surface area contributed by atoms with Crippen molar-refractivity contribution >= 4 is 11.9 Å². The summed E-state index contributed by atoms with van der Waals surface area (Å²) in [6, 6.07) is 0. The Bertz CT molecular complexity index is 1130. The molecule has 8 nitrogen and oxygen atoms in total. The van der Waals surface area contributed by atoms with E-state index in [1.807, 2.05) is 0 Å². The Labute approximate surface area is 257 Å². The van der Waals surface area contributed by atoms with Gasteiger partial charge >= 0.3 is 11.9 Å². The molecule has 0 unspecified atom stereocenters. The average molecular weight is 605 g/mol. The molecule has 8 heteroatoms. The first-order valence-electron chi connectivity index (χ1n) is 16.6. The van der Waals surface area contributed by atoms with E-state index in [9.17, 15) is 24.9 Å². The average Bonchev–Trinajstić information content (AvgIpc) is 2.92. The van der Waals surface area contributed by atoms with Crippen LogP contribution in [-0.4, -0.2) is 72.0 Å². The monoisotopic (exact) mass is 604 g/mol. The summed E-state index contributed by atoms with van der Waals surface area (Å²) in [6.07, 6.45) is 5.49. The highest BCUT2D eigenvalue weighted by molar-refractivity contribution is 5.73. The van der Waals surface area contributed by atoms with Gasteiger partial charge in [-0.25, -0.2) is 0 Å². The molecule has 0 spiro atoms. The third-order valence-corrected chi connectivity index (χ3v) is 14.1. The molecule has 2 bridgehead atoms. The fraction of sp³-hybridized carbons (Fsp3) is 0.886. The van der Waals surface area contributed by atoms with Crippen LogP contribution in [0.5, 0.6) is 0 Å². The Morgan fingerprint density at radius 1 is 1.07 bits per heavy atom. The maximum Gasteiger partial charge on any atom is 0.307 e. The Kier molecular flexibility index (Phi) is 8.49. The molecule has 4 aliphatic carbocycles. The van der Waals surface area contributed by atoms with Gasteiger partial charge in [0.05, 0.1) is 32.3 Å². The summed E-state index contributed by atoms with van der Waals surface area (Å²) in [4.78, 5) is 25.7. The van der Waals surface area contributed by atoms with E-state index in [1.54, 1.807) is 0 Å². The molecule has 0 aromatic carbocycles. The van der Waals surface area contributed by atoms with Crippen molar-refractivity contribution in [2.75, 3.05) is 26.4 Å². The zero-order valence-electron chi connectivity index (χ0n) is 27.7. The van der Waals surface area contributed by atoms with Gasteiger partial charge in [-0.3, -0.25) is 9.59 Å². The number of rotatable bonds is 8. The van der Waals surface area contributed by atoms with E-state index in [4.69, 9.17) is 14.2 Å². The third-order valence-electron chi connectivity index (χ3n) is 14.1. The molecular formula is C35H56O8. The van der Waals surface area contributed by atoms with Crippen molar-refractivity contribution in [2.24, 2.45) is 56.7 Å². The molecule has 1 saturated heterocycles. The van der Waals surface area contributed by atoms with Crippen molar-refractivity contribution < 1.29 is 39.1 Å². The van der Waals surface area contributed by atoms with E-state index >= 15 is 0 Å². The van der Waals surface area contributed by atoms with Crippen molar-refractivity contribution in [2.45, 2.75) is 112 Å². The largest absolute Gasteiger partial charge is 0.481 e. The minimum Gasteiger partial charge on any atom is -0.481 e. The second-order valence-electron chi connectivity index (χ2n) is 16.3. The molecule has 43 heavy (non-hydrogen) atoms. The highest BCUT2D eigenvalue weighted by atomic mass is 16.6. The lowest BCUT2D eigenvalue weighted by Gasteiger charge is -2.71. The lowest BCUT2D eigenvalue weighted by molar-refractivity contribution is -0.270. The summed E-state index contributed by atoms with van der Waals surface area (Å²) < 4.78 is 18.7. The summed E-state index contributed by atoms with van der Waals surface area (Å²) in [7, 11) is 0. The van der Waals surface area contributed by atoms with Crippen LogP contribution in [0.3, 0.4) is 0 Å². The number of carbonyl (C=O) groups excluding carboxylic acids is 1. The Morgan fingerprint density at radius 2 is 1.77 bits per heavy atom. The van der Waals surface area contributed by atoms with Crippen LogP contribution in [0.15, 0.2) is 11.6 Å².